The van der Waals surface area contributed by atoms with Crippen molar-refractivity contribution < 1.29 is 0 Å². The summed E-state index contributed by atoms with van der Waals surface area (Å²) in [4.78, 5) is 5.09. The maximum Gasteiger partial charge on any atom is 0.140 e. The van der Waals surface area contributed by atoms with Gasteiger partial charge in [-0.05, 0) is 86.0 Å². The van der Waals surface area contributed by atoms with Gasteiger partial charge in [0.1, 0.15) is 5.82 Å². The molecule has 1 heterocycles. The summed E-state index contributed by atoms with van der Waals surface area (Å²) in [5, 5.41) is 4.86. The molecular weight excluding hydrogens is 484 g/mol. The summed E-state index contributed by atoms with van der Waals surface area (Å²) in [5.74, 6) is 1.01. The molecule has 1 aliphatic carbocycles. The van der Waals surface area contributed by atoms with E-state index >= 15 is 0 Å². The number of fused-ring (bicyclic) bond motifs is 3. The summed E-state index contributed by atoms with van der Waals surface area (Å²) in [6, 6.07) is 30.6. The van der Waals surface area contributed by atoms with Crippen LogP contribution in [0.3, 0.4) is 0 Å². The lowest BCUT2D eigenvalue weighted by Gasteiger charge is -2.20. The van der Waals surface area contributed by atoms with E-state index in [0.717, 1.165) is 52.0 Å². The third-order valence-electron chi connectivity index (χ3n) is 8.16. The molecule has 2 nitrogen and oxygen atoms in total. The van der Waals surface area contributed by atoms with Crippen LogP contribution in [0.15, 0.2) is 116 Å². The van der Waals surface area contributed by atoms with Crippen molar-refractivity contribution in [3.05, 3.63) is 133 Å². The van der Waals surface area contributed by atoms with Crippen LogP contribution in [0.25, 0.3) is 72.6 Å². The summed E-state index contributed by atoms with van der Waals surface area (Å²) in [6.07, 6.45) is 12.8. The van der Waals surface area contributed by atoms with Gasteiger partial charge in [0.15, 0.2) is 0 Å². The Kier molecular flexibility index (Phi) is 5.82. The van der Waals surface area contributed by atoms with E-state index in [0.29, 0.717) is 0 Å². The van der Waals surface area contributed by atoms with E-state index < -0.39 is 0 Å². The zero-order valence-electron chi connectivity index (χ0n) is 22.7. The Morgan fingerprint density at radius 3 is 2.05 bits per heavy atom. The Bertz CT molecular complexity index is 2050. The number of aryl methyl sites for hydroxylation is 1. The molecule has 0 N–H and O–H groups in total. The van der Waals surface area contributed by atoms with Crippen LogP contribution in [-0.2, 0) is 7.05 Å². The number of hydrogen-bond donors (Lipinski definition) is 0. The standard InChI is InChI=1S/C38H30N2/c1-4-30-31(5-2)37(29-21-22-35-34(24-29)39-38(40(35)3)26-14-7-6-8-15-26)33-18-12-11-17-32(33)36(30)28-20-19-25-13-9-10-16-27(25)23-28/h4-5,7,9-24H,1-2,6,8H2,3H3. The van der Waals surface area contributed by atoms with Gasteiger partial charge in [-0.25, -0.2) is 4.98 Å². The van der Waals surface area contributed by atoms with Crippen LogP contribution in [-0.4, -0.2) is 9.55 Å². The van der Waals surface area contributed by atoms with Gasteiger partial charge in [0.05, 0.1) is 11.0 Å². The lowest BCUT2D eigenvalue weighted by atomic mass is 9.83. The highest BCUT2D eigenvalue weighted by atomic mass is 15.1. The van der Waals surface area contributed by atoms with Crippen molar-refractivity contribution >= 4 is 50.3 Å². The van der Waals surface area contributed by atoms with E-state index in [1.807, 2.05) is 12.2 Å². The topological polar surface area (TPSA) is 17.8 Å². The van der Waals surface area contributed by atoms with Gasteiger partial charge in [-0.1, -0.05) is 110 Å². The van der Waals surface area contributed by atoms with Crippen molar-refractivity contribution in [1.29, 1.82) is 0 Å². The molecule has 7 rings (SSSR count). The maximum absolute atomic E-state index is 5.09. The number of allylic oxidation sites excluding steroid dienone is 4. The molecule has 0 aliphatic heterocycles. The zero-order chi connectivity index (χ0) is 27.2. The molecule has 5 aromatic carbocycles. The first-order chi connectivity index (χ1) is 19.7. The molecular formula is C38H30N2. The predicted octanol–water partition coefficient (Wildman–Crippen LogP) is 10.2. The molecule has 2 heteroatoms. The van der Waals surface area contributed by atoms with E-state index in [1.165, 1.54) is 38.2 Å². The van der Waals surface area contributed by atoms with Crippen LogP contribution in [0.4, 0.5) is 0 Å². The summed E-state index contributed by atoms with van der Waals surface area (Å²) in [6.45, 7) is 8.55. The van der Waals surface area contributed by atoms with Crippen molar-refractivity contribution in [2.45, 2.75) is 12.8 Å². The van der Waals surface area contributed by atoms with Crippen molar-refractivity contribution in [3.63, 3.8) is 0 Å². The first kappa shape index (κ1) is 24.1. The zero-order valence-corrected chi connectivity index (χ0v) is 22.7. The molecule has 192 valence electrons. The number of imidazole rings is 1. The first-order valence-electron chi connectivity index (χ1n) is 13.8. The average Bonchev–Trinajstić information content (AvgIpc) is 3.35. The Morgan fingerprint density at radius 1 is 0.725 bits per heavy atom. The second kappa shape index (κ2) is 9.66. The number of rotatable bonds is 5. The minimum Gasteiger partial charge on any atom is -0.327 e. The van der Waals surface area contributed by atoms with Gasteiger partial charge in [0.25, 0.3) is 0 Å². The van der Waals surface area contributed by atoms with E-state index in [2.05, 4.69) is 128 Å². The van der Waals surface area contributed by atoms with E-state index in [9.17, 15) is 0 Å². The van der Waals surface area contributed by atoms with Crippen LogP contribution in [0.2, 0.25) is 0 Å². The lowest BCUT2D eigenvalue weighted by Crippen LogP contribution is -1.97. The lowest BCUT2D eigenvalue weighted by molar-refractivity contribution is 0.917. The molecule has 40 heavy (non-hydrogen) atoms. The summed E-state index contributed by atoms with van der Waals surface area (Å²) in [5.41, 5.74) is 10.2. The Balaban J connectivity index is 1.49. The molecule has 0 unspecified atom stereocenters. The van der Waals surface area contributed by atoms with Crippen molar-refractivity contribution in [3.8, 4) is 22.3 Å². The molecule has 0 fully saturated rings. The smallest absolute Gasteiger partial charge is 0.140 e. The van der Waals surface area contributed by atoms with E-state index in [4.69, 9.17) is 4.98 Å². The molecule has 0 bridgehead atoms. The molecule has 0 atom stereocenters. The third kappa shape index (κ3) is 3.76. The highest BCUT2D eigenvalue weighted by Crippen LogP contribution is 2.44. The van der Waals surface area contributed by atoms with Crippen LogP contribution in [0.5, 0.6) is 0 Å². The summed E-state index contributed by atoms with van der Waals surface area (Å²) >= 11 is 0. The summed E-state index contributed by atoms with van der Waals surface area (Å²) in [7, 11) is 2.10. The fourth-order valence-corrected chi connectivity index (χ4v) is 6.26. The van der Waals surface area contributed by atoms with Gasteiger partial charge in [0.2, 0.25) is 0 Å². The van der Waals surface area contributed by atoms with Crippen LogP contribution in [0.1, 0.15) is 29.8 Å². The summed E-state index contributed by atoms with van der Waals surface area (Å²) < 4.78 is 2.20. The predicted molar refractivity (Wildman–Crippen MR) is 173 cm³/mol. The Hall–Kier alpha value is -4.95. The fourth-order valence-electron chi connectivity index (χ4n) is 6.26. The van der Waals surface area contributed by atoms with Gasteiger partial charge in [-0.15, -0.1) is 0 Å². The quantitative estimate of drug-likeness (QED) is 0.224. The monoisotopic (exact) mass is 514 g/mol. The molecule has 0 saturated heterocycles. The highest BCUT2D eigenvalue weighted by molar-refractivity contribution is 6.12. The number of nitrogens with zero attached hydrogens (tertiary/aromatic N) is 2. The third-order valence-corrected chi connectivity index (χ3v) is 8.16. The number of aromatic nitrogens is 2. The second-order valence-corrected chi connectivity index (χ2v) is 10.4. The minimum atomic E-state index is 0.993. The van der Waals surface area contributed by atoms with Gasteiger partial charge in [0, 0.05) is 12.6 Å². The Labute approximate surface area is 234 Å². The second-order valence-electron chi connectivity index (χ2n) is 10.4. The van der Waals surface area contributed by atoms with Crippen LogP contribution in [0, 0.1) is 0 Å². The Morgan fingerprint density at radius 2 is 1.38 bits per heavy atom. The number of hydrogen-bond acceptors (Lipinski definition) is 1. The normalized spacial score (nSPS) is 13.2. The largest absolute Gasteiger partial charge is 0.327 e. The van der Waals surface area contributed by atoms with Crippen molar-refractivity contribution in [2.24, 2.45) is 7.05 Å². The fraction of sp³-hybridized carbons (Fsp3) is 0.0789. The molecule has 1 aromatic heterocycles. The average molecular weight is 515 g/mol. The van der Waals surface area contributed by atoms with Crippen molar-refractivity contribution in [1.82, 2.24) is 9.55 Å². The van der Waals surface area contributed by atoms with Crippen molar-refractivity contribution in [2.75, 3.05) is 0 Å². The molecule has 6 aromatic rings. The van der Waals surface area contributed by atoms with E-state index in [-0.39, 0.29) is 0 Å². The minimum absolute atomic E-state index is 0.993. The molecule has 0 amide bonds. The van der Waals surface area contributed by atoms with Gasteiger partial charge in [-0.3, -0.25) is 0 Å². The van der Waals surface area contributed by atoms with Crippen LogP contribution >= 0.6 is 0 Å². The van der Waals surface area contributed by atoms with E-state index in [1.54, 1.807) is 0 Å². The molecule has 0 spiro atoms. The molecule has 0 radical (unpaired) electrons. The SMILES string of the molecule is C=Cc1c(C=C)c(-c2ccc3c(c2)nc(C2=CCCC=C2)n3C)c2ccccc2c1-c1ccc2ccccc2c1. The van der Waals surface area contributed by atoms with Gasteiger partial charge in [-0.2, -0.15) is 0 Å². The van der Waals surface area contributed by atoms with Gasteiger partial charge >= 0.3 is 0 Å². The first-order valence-corrected chi connectivity index (χ1v) is 13.8. The van der Waals surface area contributed by atoms with Crippen LogP contribution < -0.4 is 0 Å². The molecule has 0 saturated carbocycles. The highest BCUT2D eigenvalue weighted by Gasteiger charge is 2.20. The maximum atomic E-state index is 5.09. The molecule has 1 aliphatic rings. The van der Waals surface area contributed by atoms with Gasteiger partial charge < -0.3 is 4.57 Å². The number of benzene rings is 5.